The molecule has 0 aliphatic rings. The molecule has 0 saturated heterocycles. The summed E-state index contributed by atoms with van der Waals surface area (Å²) in [5.74, 6) is -0.00634. The van der Waals surface area contributed by atoms with Gasteiger partial charge in [0.05, 0.1) is 0 Å². The topological polar surface area (TPSA) is 46.3 Å². The molecule has 1 amide bonds. The van der Waals surface area contributed by atoms with Crippen molar-refractivity contribution in [1.82, 2.24) is 0 Å². The minimum Gasteiger partial charge on any atom is -0.326 e. The summed E-state index contributed by atoms with van der Waals surface area (Å²) in [6, 6.07) is 15.5. The van der Waals surface area contributed by atoms with Crippen molar-refractivity contribution in [3.8, 4) is 0 Å². The maximum absolute atomic E-state index is 12.4. The first-order chi connectivity index (χ1) is 9.65. The Balaban J connectivity index is 2.17. The fraction of sp³-hybridized carbons (Fsp3) is 0.235. The lowest BCUT2D eigenvalue weighted by Gasteiger charge is -2.18. The second-order valence-electron chi connectivity index (χ2n) is 4.79. The molecule has 0 bridgehead atoms. The van der Waals surface area contributed by atoms with Gasteiger partial charge in [0, 0.05) is 24.8 Å². The maximum Gasteiger partial charge on any atom is 0.258 e. The molecule has 2 N–H and O–H groups in total. The van der Waals surface area contributed by atoms with Crippen LogP contribution in [0.2, 0.25) is 0 Å². The lowest BCUT2D eigenvalue weighted by molar-refractivity contribution is 0.0993. The zero-order valence-corrected chi connectivity index (χ0v) is 12.0. The van der Waals surface area contributed by atoms with Crippen LogP contribution in [0.4, 0.5) is 5.69 Å². The molecular formula is C17H20N2O. The van der Waals surface area contributed by atoms with Gasteiger partial charge in [0.25, 0.3) is 5.91 Å². The van der Waals surface area contributed by atoms with E-state index in [4.69, 9.17) is 5.73 Å². The molecule has 0 spiro atoms. The third-order valence-corrected chi connectivity index (χ3v) is 3.47. The summed E-state index contributed by atoms with van der Waals surface area (Å²) < 4.78 is 0. The van der Waals surface area contributed by atoms with Crippen molar-refractivity contribution in [2.24, 2.45) is 5.73 Å². The van der Waals surface area contributed by atoms with Crippen molar-refractivity contribution in [3.05, 3.63) is 65.2 Å². The van der Waals surface area contributed by atoms with Crippen LogP contribution < -0.4 is 10.6 Å². The number of anilines is 1. The molecule has 0 radical (unpaired) electrons. The lowest BCUT2D eigenvalue weighted by atomic mass is 10.1. The number of hydrogen-bond acceptors (Lipinski definition) is 2. The van der Waals surface area contributed by atoms with Crippen molar-refractivity contribution in [2.75, 3.05) is 11.9 Å². The summed E-state index contributed by atoms with van der Waals surface area (Å²) >= 11 is 0. The van der Waals surface area contributed by atoms with Crippen LogP contribution in [0.25, 0.3) is 0 Å². The van der Waals surface area contributed by atoms with Gasteiger partial charge in [-0.2, -0.15) is 0 Å². The fourth-order valence-corrected chi connectivity index (χ4v) is 2.05. The predicted molar refractivity (Wildman–Crippen MR) is 82.9 cm³/mol. The number of aryl methyl sites for hydroxylation is 1. The van der Waals surface area contributed by atoms with Gasteiger partial charge in [-0.1, -0.05) is 31.2 Å². The number of rotatable bonds is 4. The Bertz CT molecular complexity index is 573. The molecule has 0 saturated carbocycles. The number of benzene rings is 2. The van der Waals surface area contributed by atoms with E-state index in [0.29, 0.717) is 12.1 Å². The molecule has 3 heteroatoms. The van der Waals surface area contributed by atoms with E-state index < -0.39 is 0 Å². The molecule has 3 nitrogen and oxygen atoms in total. The first-order valence-corrected chi connectivity index (χ1v) is 6.81. The summed E-state index contributed by atoms with van der Waals surface area (Å²) in [7, 11) is 1.79. The third-order valence-electron chi connectivity index (χ3n) is 3.47. The Kier molecular flexibility index (Phi) is 4.53. The molecule has 20 heavy (non-hydrogen) atoms. The van der Waals surface area contributed by atoms with E-state index in [0.717, 1.165) is 17.7 Å². The van der Waals surface area contributed by atoms with Crippen molar-refractivity contribution in [2.45, 2.75) is 19.9 Å². The van der Waals surface area contributed by atoms with Gasteiger partial charge in [0.2, 0.25) is 0 Å². The Morgan fingerprint density at radius 1 is 1.00 bits per heavy atom. The fourth-order valence-electron chi connectivity index (χ4n) is 2.05. The first-order valence-electron chi connectivity index (χ1n) is 6.81. The van der Waals surface area contributed by atoms with Crippen LogP contribution in [0.3, 0.4) is 0 Å². The van der Waals surface area contributed by atoms with E-state index in [-0.39, 0.29) is 5.91 Å². The van der Waals surface area contributed by atoms with E-state index >= 15 is 0 Å². The van der Waals surface area contributed by atoms with Crippen molar-refractivity contribution < 1.29 is 4.79 Å². The molecule has 0 atom stereocenters. The molecule has 104 valence electrons. The highest BCUT2D eigenvalue weighted by atomic mass is 16.2. The number of nitrogens with zero attached hydrogens (tertiary/aromatic N) is 1. The minimum absolute atomic E-state index is 0.00634. The number of carbonyl (C=O) groups excluding carboxylic acids is 1. The van der Waals surface area contributed by atoms with Crippen LogP contribution in [0.15, 0.2) is 48.5 Å². The number of carbonyl (C=O) groups is 1. The van der Waals surface area contributed by atoms with Gasteiger partial charge in [0.1, 0.15) is 0 Å². The Labute approximate surface area is 120 Å². The highest BCUT2D eigenvalue weighted by Crippen LogP contribution is 2.17. The Morgan fingerprint density at radius 3 is 2.05 bits per heavy atom. The average molecular weight is 268 g/mol. The quantitative estimate of drug-likeness (QED) is 0.926. The SMILES string of the molecule is CCc1ccc(C(=O)N(C)c2ccc(CN)cc2)cc1. The summed E-state index contributed by atoms with van der Waals surface area (Å²) in [6.45, 7) is 2.61. The standard InChI is InChI=1S/C17H20N2O/c1-3-13-4-8-15(9-5-13)17(20)19(2)16-10-6-14(12-18)7-11-16/h4-11H,3,12,18H2,1-2H3. The van der Waals surface area contributed by atoms with Gasteiger partial charge in [-0.15, -0.1) is 0 Å². The predicted octanol–water partition coefficient (Wildman–Crippen LogP) is 2.98. The smallest absolute Gasteiger partial charge is 0.258 e. The van der Waals surface area contributed by atoms with Crippen molar-refractivity contribution >= 4 is 11.6 Å². The highest BCUT2D eigenvalue weighted by Gasteiger charge is 2.13. The van der Waals surface area contributed by atoms with Crippen LogP contribution in [0.1, 0.15) is 28.4 Å². The zero-order valence-electron chi connectivity index (χ0n) is 12.0. The molecular weight excluding hydrogens is 248 g/mol. The van der Waals surface area contributed by atoms with Crippen LogP contribution in [-0.2, 0) is 13.0 Å². The second-order valence-corrected chi connectivity index (χ2v) is 4.79. The van der Waals surface area contributed by atoms with Crippen LogP contribution in [-0.4, -0.2) is 13.0 Å². The maximum atomic E-state index is 12.4. The van der Waals surface area contributed by atoms with Gasteiger partial charge < -0.3 is 10.6 Å². The summed E-state index contributed by atoms with van der Waals surface area (Å²) in [5.41, 5.74) is 9.43. The summed E-state index contributed by atoms with van der Waals surface area (Å²) in [5, 5.41) is 0. The van der Waals surface area contributed by atoms with Gasteiger partial charge in [0.15, 0.2) is 0 Å². The number of nitrogens with two attached hydrogens (primary N) is 1. The molecule has 0 unspecified atom stereocenters. The second kappa shape index (κ2) is 6.35. The third kappa shape index (κ3) is 3.06. The number of hydrogen-bond donors (Lipinski definition) is 1. The first kappa shape index (κ1) is 14.3. The van der Waals surface area contributed by atoms with Crippen LogP contribution in [0, 0.1) is 0 Å². The Hall–Kier alpha value is -2.13. The molecule has 0 aromatic heterocycles. The lowest BCUT2D eigenvalue weighted by Crippen LogP contribution is -2.26. The van der Waals surface area contributed by atoms with Gasteiger partial charge >= 0.3 is 0 Å². The van der Waals surface area contributed by atoms with E-state index in [2.05, 4.69) is 6.92 Å². The van der Waals surface area contributed by atoms with Crippen LogP contribution >= 0.6 is 0 Å². The molecule has 2 rings (SSSR count). The normalized spacial score (nSPS) is 10.3. The minimum atomic E-state index is -0.00634. The number of amides is 1. The van der Waals surface area contributed by atoms with E-state index in [9.17, 15) is 4.79 Å². The largest absolute Gasteiger partial charge is 0.326 e. The Morgan fingerprint density at radius 2 is 1.55 bits per heavy atom. The monoisotopic (exact) mass is 268 g/mol. The molecule has 0 aliphatic carbocycles. The molecule has 0 aliphatic heterocycles. The van der Waals surface area contributed by atoms with Gasteiger partial charge in [-0.3, -0.25) is 4.79 Å². The van der Waals surface area contributed by atoms with E-state index in [1.807, 2.05) is 48.5 Å². The van der Waals surface area contributed by atoms with Gasteiger partial charge in [-0.05, 0) is 41.8 Å². The zero-order chi connectivity index (χ0) is 14.5. The van der Waals surface area contributed by atoms with Crippen LogP contribution in [0.5, 0.6) is 0 Å². The van der Waals surface area contributed by atoms with Crippen molar-refractivity contribution in [3.63, 3.8) is 0 Å². The van der Waals surface area contributed by atoms with E-state index in [1.165, 1.54) is 5.56 Å². The summed E-state index contributed by atoms with van der Waals surface area (Å²) in [6.07, 6.45) is 0.977. The summed E-state index contributed by atoms with van der Waals surface area (Å²) in [4.78, 5) is 14.1. The molecule has 0 heterocycles. The molecule has 2 aromatic rings. The average Bonchev–Trinajstić information content (AvgIpc) is 2.53. The van der Waals surface area contributed by atoms with E-state index in [1.54, 1.807) is 11.9 Å². The molecule has 2 aromatic carbocycles. The van der Waals surface area contributed by atoms with Crippen molar-refractivity contribution in [1.29, 1.82) is 0 Å². The molecule has 0 fully saturated rings. The highest BCUT2D eigenvalue weighted by molar-refractivity contribution is 6.05. The van der Waals surface area contributed by atoms with Gasteiger partial charge in [-0.25, -0.2) is 0 Å².